The summed E-state index contributed by atoms with van der Waals surface area (Å²) in [7, 11) is 0. The second-order valence-electron chi connectivity index (χ2n) is 5.09. The molecule has 0 spiro atoms. The lowest BCUT2D eigenvalue weighted by Gasteiger charge is -2.42. The molecule has 0 aromatic carbocycles. The van der Waals surface area contributed by atoms with Gasteiger partial charge in [-0.1, -0.05) is 0 Å². The molecule has 29 heavy (non-hydrogen) atoms. The molecule has 0 aromatic heterocycles. The van der Waals surface area contributed by atoms with Crippen molar-refractivity contribution >= 4 is 5.97 Å². The minimum Gasteiger partial charge on any atom is -0.461 e. The molecule has 0 radical (unpaired) electrons. The molecular formula is C11H6F16O2. The molecular weight excluding hydrogens is 468 g/mol. The molecule has 0 bridgehead atoms. The number of hydrogen-bond donors (Lipinski definition) is 0. The summed E-state index contributed by atoms with van der Waals surface area (Å²) in [6, 6.07) is 0. The van der Waals surface area contributed by atoms with Crippen molar-refractivity contribution in [2.75, 3.05) is 6.61 Å². The van der Waals surface area contributed by atoms with Gasteiger partial charge in [-0.25, -0.2) is 13.6 Å². The number of hydrogen-bond acceptors (Lipinski definition) is 2. The Bertz CT molecular complexity index is 610. The molecule has 18 heteroatoms. The predicted molar refractivity (Wildman–Crippen MR) is 57.3 cm³/mol. The Morgan fingerprint density at radius 2 is 0.966 bits per heavy atom. The summed E-state index contributed by atoms with van der Waals surface area (Å²) in [5.74, 6) is -59.7. The number of rotatable bonds is 9. The minimum atomic E-state index is -8.53. The highest BCUT2D eigenvalue weighted by Crippen LogP contribution is 2.62. The highest BCUT2D eigenvalue weighted by Gasteiger charge is 2.94. The van der Waals surface area contributed by atoms with Gasteiger partial charge in [0.05, 0.1) is 6.61 Å². The molecule has 0 saturated carbocycles. The van der Waals surface area contributed by atoms with Gasteiger partial charge < -0.3 is 4.74 Å². The van der Waals surface area contributed by atoms with Crippen LogP contribution < -0.4 is 0 Å². The van der Waals surface area contributed by atoms with E-state index in [-0.39, 0.29) is 0 Å². The SMILES string of the molecule is CCOC(=O)C(F)(F)C(F)(F)C(F)(F)C(F)(F)C(F)(F)C(F)(F)C(F)(F)C(F)F. The van der Waals surface area contributed by atoms with Gasteiger partial charge >= 0.3 is 53.9 Å². The van der Waals surface area contributed by atoms with Gasteiger partial charge in [-0.3, -0.25) is 0 Å². The Morgan fingerprint density at radius 3 is 1.28 bits per heavy atom. The van der Waals surface area contributed by atoms with Gasteiger partial charge in [-0.05, 0) is 6.92 Å². The summed E-state index contributed by atoms with van der Waals surface area (Å²) in [5.41, 5.74) is 0. The van der Waals surface area contributed by atoms with Crippen LogP contribution in [0.2, 0.25) is 0 Å². The Kier molecular flexibility index (Phi) is 6.83. The molecule has 174 valence electrons. The summed E-state index contributed by atoms with van der Waals surface area (Å²) in [6.45, 7) is -0.679. The molecule has 0 aliphatic rings. The smallest absolute Gasteiger partial charge is 0.410 e. The van der Waals surface area contributed by atoms with E-state index in [9.17, 15) is 75.0 Å². The zero-order valence-electron chi connectivity index (χ0n) is 13.1. The van der Waals surface area contributed by atoms with Crippen molar-refractivity contribution < 1.29 is 79.8 Å². The van der Waals surface area contributed by atoms with Crippen molar-refractivity contribution in [1.29, 1.82) is 0 Å². The first kappa shape index (κ1) is 27.4. The topological polar surface area (TPSA) is 26.3 Å². The first-order chi connectivity index (χ1) is 12.4. The Morgan fingerprint density at radius 1 is 0.655 bits per heavy atom. The maximum absolute atomic E-state index is 13.3. The monoisotopic (exact) mass is 474 g/mol. The maximum atomic E-state index is 13.3. The summed E-state index contributed by atoms with van der Waals surface area (Å²) in [5, 5.41) is 0. The van der Waals surface area contributed by atoms with Crippen molar-refractivity contribution in [1.82, 2.24) is 0 Å². The number of alkyl halides is 16. The quantitative estimate of drug-likeness (QED) is 0.337. The van der Waals surface area contributed by atoms with E-state index in [1.165, 1.54) is 0 Å². The number of carbonyl (C=O) groups is 1. The predicted octanol–water partition coefficient (Wildman–Crippen LogP) is 5.26. The number of halogens is 16. The van der Waals surface area contributed by atoms with Crippen LogP contribution in [0.1, 0.15) is 6.92 Å². The molecule has 0 heterocycles. The van der Waals surface area contributed by atoms with E-state index >= 15 is 0 Å². The van der Waals surface area contributed by atoms with Gasteiger partial charge in [-0.15, -0.1) is 0 Å². The normalized spacial score (nSPS) is 15.7. The van der Waals surface area contributed by atoms with E-state index in [4.69, 9.17) is 0 Å². The third kappa shape index (κ3) is 3.44. The van der Waals surface area contributed by atoms with Crippen molar-refractivity contribution in [3.63, 3.8) is 0 Å². The lowest BCUT2D eigenvalue weighted by Crippen LogP contribution is -2.74. The average molecular weight is 474 g/mol. The second-order valence-corrected chi connectivity index (χ2v) is 5.09. The lowest BCUT2D eigenvalue weighted by atomic mass is 9.89. The maximum Gasteiger partial charge on any atom is 0.410 e. The van der Waals surface area contributed by atoms with Crippen molar-refractivity contribution in [2.45, 2.75) is 54.8 Å². The van der Waals surface area contributed by atoms with E-state index in [1.807, 2.05) is 0 Å². The fourth-order valence-corrected chi connectivity index (χ4v) is 1.48. The van der Waals surface area contributed by atoms with Crippen LogP contribution in [-0.4, -0.2) is 60.5 Å². The Balaban J connectivity index is 6.64. The van der Waals surface area contributed by atoms with Crippen LogP contribution in [0.3, 0.4) is 0 Å². The summed E-state index contributed by atoms with van der Waals surface area (Å²) in [6.07, 6.45) is -5.91. The molecule has 0 unspecified atom stereocenters. The second kappa shape index (κ2) is 7.24. The molecule has 0 amide bonds. The molecule has 0 N–H and O–H groups in total. The van der Waals surface area contributed by atoms with Crippen LogP contribution in [0.4, 0.5) is 70.2 Å². The van der Waals surface area contributed by atoms with E-state index in [1.54, 1.807) is 0 Å². The number of carbonyl (C=O) groups excluding carboxylic acids is 1. The largest absolute Gasteiger partial charge is 0.461 e. The summed E-state index contributed by atoms with van der Waals surface area (Å²) < 4.78 is 209. The summed E-state index contributed by atoms with van der Waals surface area (Å²) >= 11 is 0. The third-order valence-corrected chi connectivity index (χ3v) is 3.20. The van der Waals surface area contributed by atoms with Gasteiger partial charge in [-0.2, -0.15) is 61.5 Å². The zero-order chi connectivity index (χ0) is 24.1. The number of esters is 1. The van der Waals surface area contributed by atoms with E-state index in [0.717, 1.165) is 0 Å². The third-order valence-electron chi connectivity index (χ3n) is 3.20. The average Bonchev–Trinajstić information content (AvgIpc) is 2.53. The molecule has 0 aliphatic carbocycles. The van der Waals surface area contributed by atoms with Crippen molar-refractivity contribution in [2.24, 2.45) is 0 Å². The van der Waals surface area contributed by atoms with Crippen LogP contribution >= 0.6 is 0 Å². The van der Waals surface area contributed by atoms with Crippen LogP contribution in [-0.2, 0) is 9.53 Å². The highest BCUT2D eigenvalue weighted by atomic mass is 19.4. The first-order valence-corrected chi connectivity index (χ1v) is 6.52. The molecule has 0 atom stereocenters. The van der Waals surface area contributed by atoms with Gasteiger partial charge in [0, 0.05) is 0 Å². The zero-order valence-corrected chi connectivity index (χ0v) is 13.1. The number of ether oxygens (including phenoxy) is 1. The van der Waals surface area contributed by atoms with Gasteiger partial charge in [0.1, 0.15) is 0 Å². The van der Waals surface area contributed by atoms with E-state index in [2.05, 4.69) is 4.74 Å². The standard InChI is InChI=1S/C11H6F16O2/c1-2-29-4(28)6(16,17)8(20,21)10(24,25)11(26,27)9(22,23)7(18,19)5(14,15)3(12)13/h3H,2H2,1H3. The van der Waals surface area contributed by atoms with Crippen LogP contribution in [0.15, 0.2) is 0 Å². The van der Waals surface area contributed by atoms with Crippen molar-refractivity contribution in [3.8, 4) is 0 Å². The lowest BCUT2D eigenvalue weighted by molar-refractivity contribution is -0.444. The van der Waals surface area contributed by atoms with Crippen LogP contribution in [0, 0.1) is 0 Å². The molecule has 2 nitrogen and oxygen atoms in total. The Hall–Kier alpha value is -1.65. The fraction of sp³-hybridized carbons (Fsp3) is 0.909. The van der Waals surface area contributed by atoms with Crippen LogP contribution in [0.25, 0.3) is 0 Å². The molecule has 0 saturated heterocycles. The van der Waals surface area contributed by atoms with Gasteiger partial charge in [0.15, 0.2) is 0 Å². The molecule has 0 aliphatic heterocycles. The molecule has 0 rings (SSSR count). The first-order valence-electron chi connectivity index (χ1n) is 6.52. The fourth-order valence-electron chi connectivity index (χ4n) is 1.48. The highest BCUT2D eigenvalue weighted by molar-refractivity contribution is 5.79. The van der Waals surface area contributed by atoms with Crippen molar-refractivity contribution in [3.05, 3.63) is 0 Å². The van der Waals surface area contributed by atoms with E-state index in [0.29, 0.717) is 6.92 Å². The molecule has 0 aromatic rings. The van der Waals surface area contributed by atoms with Crippen LogP contribution in [0.5, 0.6) is 0 Å². The minimum absolute atomic E-state index is 0.597. The van der Waals surface area contributed by atoms with Gasteiger partial charge in [0.2, 0.25) is 0 Å². The van der Waals surface area contributed by atoms with E-state index < -0.39 is 60.5 Å². The van der Waals surface area contributed by atoms with Gasteiger partial charge in [0.25, 0.3) is 0 Å². The molecule has 0 fully saturated rings. The Labute approximate surface area is 148 Å². The summed E-state index contributed by atoms with van der Waals surface area (Å²) in [4.78, 5) is 10.6.